The maximum atomic E-state index is 13.5. The largest absolute Gasteiger partial charge is 0.317 e. The van der Waals surface area contributed by atoms with Crippen LogP contribution in [0.5, 0.6) is 0 Å². The maximum absolute atomic E-state index is 13.5. The third-order valence-electron chi connectivity index (χ3n) is 3.62. The third-order valence-corrected chi connectivity index (χ3v) is 4.51. The summed E-state index contributed by atoms with van der Waals surface area (Å²) in [7, 11) is 2.13. The SMILES string of the molecule is CN(Cc1cccc(F)c1Br)C1CCCNCC1. The lowest BCUT2D eigenvalue weighted by atomic mass is 10.1. The molecule has 0 amide bonds. The van der Waals surface area contributed by atoms with Crippen LogP contribution in [0.3, 0.4) is 0 Å². The summed E-state index contributed by atoms with van der Waals surface area (Å²) in [5.41, 5.74) is 1.02. The van der Waals surface area contributed by atoms with E-state index < -0.39 is 0 Å². The Balaban J connectivity index is 2.01. The average Bonchev–Trinajstić information content (AvgIpc) is 2.63. The summed E-state index contributed by atoms with van der Waals surface area (Å²) in [4.78, 5) is 2.34. The molecule has 1 N–H and O–H groups in total. The van der Waals surface area contributed by atoms with Gasteiger partial charge in [-0.1, -0.05) is 12.1 Å². The maximum Gasteiger partial charge on any atom is 0.137 e. The Hall–Kier alpha value is -0.450. The zero-order valence-electron chi connectivity index (χ0n) is 10.8. The molecule has 0 spiro atoms. The van der Waals surface area contributed by atoms with E-state index in [-0.39, 0.29) is 5.82 Å². The van der Waals surface area contributed by atoms with Gasteiger partial charge in [0.15, 0.2) is 0 Å². The molecule has 1 aliphatic heterocycles. The molecule has 1 heterocycles. The molecule has 1 aromatic rings. The van der Waals surface area contributed by atoms with E-state index >= 15 is 0 Å². The highest BCUT2D eigenvalue weighted by molar-refractivity contribution is 9.10. The standard InChI is InChI=1S/C14H20BrFN2/c1-18(12-5-3-8-17-9-7-12)10-11-4-2-6-13(16)14(11)15/h2,4,6,12,17H,3,5,7-10H2,1H3. The van der Waals surface area contributed by atoms with Crippen LogP contribution in [-0.2, 0) is 6.54 Å². The minimum absolute atomic E-state index is 0.177. The third kappa shape index (κ3) is 3.53. The van der Waals surface area contributed by atoms with Crippen molar-refractivity contribution < 1.29 is 4.39 Å². The predicted molar refractivity (Wildman–Crippen MR) is 76.1 cm³/mol. The van der Waals surface area contributed by atoms with Crippen LogP contribution in [0.25, 0.3) is 0 Å². The van der Waals surface area contributed by atoms with Gasteiger partial charge < -0.3 is 5.32 Å². The van der Waals surface area contributed by atoms with Crippen molar-refractivity contribution in [3.05, 3.63) is 34.1 Å². The number of benzene rings is 1. The summed E-state index contributed by atoms with van der Waals surface area (Å²) in [6.07, 6.45) is 3.61. The van der Waals surface area contributed by atoms with Crippen LogP contribution >= 0.6 is 15.9 Å². The lowest BCUT2D eigenvalue weighted by molar-refractivity contribution is 0.216. The lowest BCUT2D eigenvalue weighted by Gasteiger charge is -2.27. The number of hydrogen-bond acceptors (Lipinski definition) is 2. The summed E-state index contributed by atoms with van der Waals surface area (Å²) in [6.45, 7) is 3.00. The highest BCUT2D eigenvalue weighted by atomic mass is 79.9. The normalized spacial score (nSPS) is 21.0. The van der Waals surface area contributed by atoms with E-state index in [0.717, 1.165) is 25.2 Å². The summed E-state index contributed by atoms with van der Waals surface area (Å²) in [5, 5.41) is 3.42. The molecular weight excluding hydrogens is 295 g/mol. The summed E-state index contributed by atoms with van der Waals surface area (Å²) in [6, 6.07) is 5.84. The van der Waals surface area contributed by atoms with Crippen LogP contribution in [0, 0.1) is 5.82 Å². The Morgan fingerprint density at radius 2 is 2.22 bits per heavy atom. The number of rotatable bonds is 3. The molecule has 0 aliphatic carbocycles. The minimum Gasteiger partial charge on any atom is -0.317 e. The van der Waals surface area contributed by atoms with Gasteiger partial charge in [0.05, 0.1) is 4.47 Å². The van der Waals surface area contributed by atoms with E-state index in [1.54, 1.807) is 6.07 Å². The molecule has 1 aromatic carbocycles. The molecule has 1 atom stereocenters. The number of hydrogen-bond donors (Lipinski definition) is 1. The topological polar surface area (TPSA) is 15.3 Å². The van der Waals surface area contributed by atoms with Crippen molar-refractivity contribution in [2.24, 2.45) is 0 Å². The van der Waals surface area contributed by atoms with Crippen molar-refractivity contribution in [2.45, 2.75) is 31.8 Å². The Labute approximate surface area is 117 Å². The van der Waals surface area contributed by atoms with Gasteiger partial charge in [0.25, 0.3) is 0 Å². The molecule has 0 aromatic heterocycles. The molecule has 2 nitrogen and oxygen atoms in total. The van der Waals surface area contributed by atoms with Crippen LogP contribution < -0.4 is 5.32 Å². The van der Waals surface area contributed by atoms with E-state index in [0.29, 0.717) is 10.5 Å². The van der Waals surface area contributed by atoms with Crippen LogP contribution in [0.2, 0.25) is 0 Å². The van der Waals surface area contributed by atoms with Crippen LogP contribution in [0.15, 0.2) is 22.7 Å². The summed E-state index contributed by atoms with van der Waals surface area (Å²) >= 11 is 3.33. The van der Waals surface area contributed by atoms with Gasteiger partial charge >= 0.3 is 0 Å². The second-order valence-electron chi connectivity index (χ2n) is 4.96. The molecule has 2 rings (SSSR count). The predicted octanol–water partition coefficient (Wildman–Crippen LogP) is 3.16. The van der Waals surface area contributed by atoms with E-state index in [4.69, 9.17) is 0 Å². The van der Waals surface area contributed by atoms with E-state index in [9.17, 15) is 4.39 Å². The molecular formula is C14H20BrFN2. The van der Waals surface area contributed by atoms with Gasteiger partial charge in [-0.2, -0.15) is 0 Å². The van der Waals surface area contributed by atoms with Gasteiger partial charge in [0.1, 0.15) is 5.82 Å². The van der Waals surface area contributed by atoms with Crippen molar-refractivity contribution in [3.8, 4) is 0 Å². The highest BCUT2D eigenvalue weighted by Gasteiger charge is 2.18. The summed E-state index contributed by atoms with van der Waals surface area (Å²) < 4.78 is 14.1. The fourth-order valence-corrected chi connectivity index (χ4v) is 2.90. The van der Waals surface area contributed by atoms with Crippen molar-refractivity contribution in [1.29, 1.82) is 0 Å². The van der Waals surface area contributed by atoms with Gasteiger partial charge in [-0.25, -0.2) is 4.39 Å². The number of halogens is 2. The summed E-state index contributed by atoms with van der Waals surface area (Å²) in [5.74, 6) is -0.177. The minimum atomic E-state index is -0.177. The van der Waals surface area contributed by atoms with Crippen molar-refractivity contribution in [1.82, 2.24) is 10.2 Å². The van der Waals surface area contributed by atoms with Gasteiger partial charge in [-0.3, -0.25) is 4.90 Å². The zero-order chi connectivity index (χ0) is 13.0. The fraction of sp³-hybridized carbons (Fsp3) is 0.571. The number of nitrogens with zero attached hydrogens (tertiary/aromatic N) is 1. The molecule has 100 valence electrons. The first kappa shape index (κ1) is 14.0. The van der Waals surface area contributed by atoms with E-state index in [2.05, 4.69) is 33.2 Å². The molecule has 1 unspecified atom stereocenters. The second-order valence-corrected chi connectivity index (χ2v) is 5.76. The van der Waals surface area contributed by atoms with Gasteiger partial charge in [-0.05, 0) is 67.0 Å². The van der Waals surface area contributed by atoms with Crippen molar-refractivity contribution in [2.75, 3.05) is 20.1 Å². The van der Waals surface area contributed by atoms with Crippen LogP contribution in [0.4, 0.5) is 4.39 Å². The van der Waals surface area contributed by atoms with Crippen molar-refractivity contribution in [3.63, 3.8) is 0 Å². The zero-order valence-corrected chi connectivity index (χ0v) is 12.3. The van der Waals surface area contributed by atoms with Crippen molar-refractivity contribution >= 4 is 15.9 Å². The lowest BCUT2D eigenvalue weighted by Crippen LogP contribution is -2.32. The fourth-order valence-electron chi connectivity index (χ4n) is 2.51. The molecule has 0 radical (unpaired) electrons. The van der Waals surface area contributed by atoms with Crippen LogP contribution in [-0.4, -0.2) is 31.1 Å². The average molecular weight is 315 g/mol. The molecule has 1 saturated heterocycles. The smallest absolute Gasteiger partial charge is 0.137 e. The Morgan fingerprint density at radius 3 is 3.06 bits per heavy atom. The Kier molecular flexibility index (Phi) is 5.15. The molecule has 0 saturated carbocycles. The van der Waals surface area contributed by atoms with Gasteiger partial charge in [0, 0.05) is 12.6 Å². The molecule has 18 heavy (non-hydrogen) atoms. The molecule has 0 bridgehead atoms. The molecule has 4 heteroatoms. The van der Waals surface area contributed by atoms with E-state index in [1.807, 2.05) is 6.07 Å². The number of nitrogens with one attached hydrogen (secondary N) is 1. The Bertz CT molecular complexity index is 389. The monoisotopic (exact) mass is 314 g/mol. The van der Waals surface area contributed by atoms with Gasteiger partial charge in [0.2, 0.25) is 0 Å². The molecule has 1 aliphatic rings. The van der Waals surface area contributed by atoms with E-state index in [1.165, 1.54) is 25.3 Å². The quantitative estimate of drug-likeness (QED) is 0.922. The first-order valence-electron chi connectivity index (χ1n) is 6.52. The first-order chi connectivity index (χ1) is 8.68. The Morgan fingerprint density at radius 1 is 1.39 bits per heavy atom. The van der Waals surface area contributed by atoms with Crippen LogP contribution in [0.1, 0.15) is 24.8 Å². The van der Waals surface area contributed by atoms with Gasteiger partial charge in [-0.15, -0.1) is 0 Å². The highest BCUT2D eigenvalue weighted by Crippen LogP contribution is 2.23. The first-order valence-corrected chi connectivity index (χ1v) is 7.31. The molecule has 1 fully saturated rings. The second kappa shape index (κ2) is 6.64.